The van der Waals surface area contributed by atoms with Crippen LogP contribution in [-0.4, -0.2) is 30.9 Å². The number of fused-ring (bicyclic) bond motifs is 1. The van der Waals surface area contributed by atoms with Crippen LogP contribution in [0.25, 0.3) is 10.9 Å². The Bertz CT molecular complexity index is 1080. The molecule has 1 aromatic heterocycles. The number of carbonyl (C=O) groups is 1. The number of nitrogens with one attached hydrogen (secondary N) is 3. The summed E-state index contributed by atoms with van der Waals surface area (Å²) >= 11 is 0. The zero-order chi connectivity index (χ0) is 21.3. The number of hydrazine groups is 1. The van der Waals surface area contributed by atoms with Gasteiger partial charge in [0.05, 0.1) is 32.0 Å². The van der Waals surface area contributed by atoms with Crippen LogP contribution in [-0.2, 0) is 6.54 Å². The second-order valence-electron chi connectivity index (χ2n) is 7.44. The molecular weight excluding hydrogens is 380 g/mol. The minimum absolute atomic E-state index is 0.0976. The van der Waals surface area contributed by atoms with Crippen LogP contribution in [0.5, 0.6) is 11.5 Å². The van der Waals surface area contributed by atoms with Crippen LogP contribution in [0.1, 0.15) is 41.0 Å². The maximum atomic E-state index is 12.8. The molecule has 2 atom stereocenters. The fraction of sp³-hybridized carbons (Fsp3) is 0.348. The molecule has 2 heterocycles. The number of amides is 1. The second-order valence-corrected chi connectivity index (χ2v) is 7.44. The Morgan fingerprint density at radius 2 is 1.97 bits per heavy atom. The van der Waals surface area contributed by atoms with Gasteiger partial charge in [-0.2, -0.15) is 0 Å². The normalized spacial score (nSPS) is 18.5. The molecule has 0 aliphatic carbocycles. The first-order valence-corrected chi connectivity index (χ1v) is 10.2. The number of aryl methyl sites for hydroxylation is 2. The van der Waals surface area contributed by atoms with E-state index >= 15 is 0 Å². The first-order valence-electron chi connectivity index (χ1n) is 10.2. The van der Waals surface area contributed by atoms with Crippen molar-refractivity contribution in [2.75, 3.05) is 14.2 Å². The Kier molecular flexibility index (Phi) is 5.65. The van der Waals surface area contributed by atoms with Crippen LogP contribution in [0.4, 0.5) is 0 Å². The zero-order valence-electron chi connectivity index (χ0n) is 17.8. The Hall–Kier alpha value is -3.03. The van der Waals surface area contributed by atoms with E-state index < -0.39 is 0 Å². The molecule has 0 spiro atoms. The second kappa shape index (κ2) is 8.38. The maximum Gasteiger partial charge on any atom is 0.256 e. The lowest BCUT2D eigenvalue weighted by Crippen LogP contribution is -2.44. The fourth-order valence-electron chi connectivity index (χ4n) is 4.34. The van der Waals surface area contributed by atoms with E-state index in [9.17, 15) is 4.79 Å². The van der Waals surface area contributed by atoms with Crippen molar-refractivity contribution in [2.45, 2.75) is 39.0 Å². The van der Waals surface area contributed by atoms with Crippen molar-refractivity contribution in [3.8, 4) is 11.5 Å². The molecule has 30 heavy (non-hydrogen) atoms. The highest BCUT2D eigenvalue weighted by molar-refractivity contribution is 5.97. The molecule has 158 valence electrons. The number of benzene rings is 2. The molecule has 1 aliphatic heterocycles. The number of carbonyl (C=O) groups excluding carboxylic acids is 1. The van der Waals surface area contributed by atoms with Crippen molar-refractivity contribution >= 4 is 16.8 Å². The van der Waals surface area contributed by atoms with Crippen molar-refractivity contribution in [1.29, 1.82) is 0 Å². The molecule has 2 unspecified atom stereocenters. The smallest absolute Gasteiger partial charge is 0.256 e. The molecule has 4 rings (SSSR count). The van der Waals surface area contributed by atoms with Crippen LogP contribution in [0.15, 0.2) is 42.5 Å². The van der Waals surface area contributed by atoms with E-state index in [1.54, 1.807) is 32.4 Å². The molecule has 1 saturated heterocycles. The highest BCUT2D eigenvalue weighted by Crippen LogP contribution is 2.33. The first kappa shape index (κ1) is 20.3. The van der Waals surface area contributed by atoms with Crippen LogP contribution < -0.4 is 25.6 Å². The minimum atomic E-state index is -0.197. The van der Waals surface area contributed by atoms with Crippen LogP contribution in [0.3, 0.4) is 0 Å². The summed E-state index contributed by atoms with van der Waals surface area (Å²) < 4.78 is 12.9. The van der Waals surface area contributed by atoms with Gasteiger partial charge in [-0.1, -0.05) is 18.2 Å². The molecule has 0 bridgehead atoms. The topological polar surface area (TPSA) is 76.6 Å². The number of para-hydroxylation sites is 1. The Labute approximate surface area is 176 Å². The highest BCUT2D eigenvalue weighted by Gasteiger charge is 2.31. The Morgan fingerprint density at radius 3 is 2.70 bits per heavy atom. The van der Waals surface area contributed by atoms with E-state index in [1.165, 1.54) is 22.2 Å². The molecule has 7 heteroatoms. The summed E-state index contributed by atoms with van der Waals surface area (Å²) in [5, 5.41) is 4.33. The number of ether oxygens (including phenoxy) is 2. The Balaban J connectivity index is 1.53. The van der Waals surface area contributed by atoms with Crippen molar-refractivity contribution < 1.29 is 14.3 Å². The molecule has 0 radical (unpaired) electrons. The predicted octanol–water partition coefficient (Wildman–Crippen LogP) is 3.28. The maximum absolute atomic E-state index is 12.8. The van der Waals surface area contributed by atoms with Gasteiger partial charge < -0.3 is 19.4 Å². The summed E-state index contributed by atoms with van der Waals surface area (Å²) in [7, 11) is 3.13. The standard InChI is InChI=1S/C23H28N4O3/c1-5-27-19-9-7-6-8-16(19)14(2)22(27)18-13-21(26-25-18)24-23(28)17-11-10-15(29-3)12-20(17)30-4/h6-12,18,21,25-26H,5,13H2,1-4H3,(H,24,28). The van der Waals surface area contributed by atoms with E-state index in [1.807, 2.05) is 0 Å². The molecule has 1 fully saturated rings. The Morgan fingerprint density at radius 1 is 1.17 bits per heavy atom. The van der Waals surface area contributed by atoms with Gasteiger partial charge in [-0.3, -0.25) is 4.79 Å². The number of nitrogens with zero attached hydrogens (tertiary/aromatic N) is 1. The van der Waals surface area contributed by atoms with Gasteiger partial charge >= 0.3 is 0 Å². The number of hydrogen-bond acceptors (Lipinski definition) is 5. The van der Waals surface area contributed by atoms with Crippen LogP contribution in [0.2, 0.25) is 0 Å². The average Bonchev–Trinajstić information content (AvgIpc) is 3.34. The summed E-state index contributed by atoms with van der Waals surface area (Å²) in [6.07, 6.45) is 0.540. The van der Waals surface area contributed by atoms with Gasteiger partial charge in [-0.25, -0.2) is 10.9 Å². The summed E-state index contributed by atoms with van der Waals surface area (Å²) in [6.45, 7) is 5.22. The van der Waals surface area contributed by atoms with Crippen molar-refractivity contribution in [2.24, 2.45) is 0 Å². The third-order valence-electron chi connectivity index (χ3n) is 5.78. The van der Waals surface area contributed by atoms with Gasteiger partial charge in [0.2, 0.25) is 0 Å². The number of hydrogen-bond donors (Lipinski definition) is 3. The van der Waals surface area contributed by atoms with Gasteiger partial charge in [0.1, 0.15) is 11.5 Å². The lowest BCUT2D eigenvalue weighted by Gasteiger charge is -2.16. The van der Waals surface area contributed by atoms with Gasteiger partial charge in [-0.05, 0) is 37.6 Å². The summed E-state index contributed by atoms with van der Waals surface area (Å²) in [6, 6.07) is 13.7. The lowest BCUT2D eigenvalue weighted by atomic mass is 10.0. The van der Waals surface area contributed by atoms with E-state index in [4.69, 9.17) is 9.47 Å². The van der Waals surface area contributed by atoms with Crippen molar-refractivity contribution in [1.82, 2.24) is 20.7 Å². The monoisotopic (exact) mass is 408 g/mol. The van der Waals surface area contributed by atoms with E-state index in [0.29, 0.717) is 17.1 Å². The van der Waals surface area contributed by atoms with Gasteiger partial charge in [0.15, 0.2) is 0 Å². The van der Waals surface area contributed by atoms with Gasteiger partial charge in [-0.15, -0.1) is 0 Å². The third kappa shape index (κ3) is 3.51. The quantitative estimate of drug-likeness (QED) is 0.584. The van der Waals surface area contributed by atoms with E-state index in [2.05, 4.69) is 58.8 Å². The van der Waals surface area contributed by atoms with Gasteiger partial charge in [0, 0.05) is 35.6 Å². The predicted molar refractivity (Wildman–Crippen MR) is 117 cm³/mol. The van der Waals surface area contributed by atoms with Crippen molar-refractivity contribution in [3.05, 3.63) is 59.3 Å². The molecule has 1 aliphatic rings. The molecule has 2 aromatic carbocycles. The minimum Gasteiger partial charge on any atom is -0.497 e. The van der Waals surface area contributed by atoms with Crippen LogP contribution in [0, 0.1) is 6.92 Å². The van der Waals surface area contributed by atoms with Gasteiger partial charge in [0.25, 0.3) is 5.91 Å². The molecule has 0 saturated carbocycles. The van der Waals surface area contributed by atoms with Crippen LogP contribution >= 0.6 is 0 Å². The molecule has 7 nitrogen and oxygen atoms in total. The van der Waals surface area contributed by atoms with E-state index in [-0.39, 0.29) is 18.1 Å². The third-order valence-corrected chi connectivity index (χ3v) is 5.78. The van der Waals surface area contributed by atoms with E-state index in [0.717, 1.165) is 13.0 Å². The highest BCUT2D eigenvalue weighted by atomic mass is 16.5. The SMILES string of the molecule is CCn1c(C2CC(NC(=O)c3ccc(OC)cc3OC)NN2)c(C)c2ccccc21. The lowest BCUT2D eigenvalue weighted by molar-refractivity contribution is 0.0929. The zero-order valence-corrected chi connectivity index (χ0v) is 17.8. The van der Waals surface area contributed by atoms with Crippen molar-refractivity contribution in [3.63, 3.8) is 0 Å². The largest absolute Gasteiger partial charge is 0.497 e. The number of aromatic nitrogens is 1. The molecule has 1 amide bonds. The fourth-order valence-corrected chi connectivity index (χ4v) is 4.34. The summed E-state index contributed by atoms with van der Waals surface area (Å²) in [4.78, 5) is 12.8. The first-order chi connectivity index (χ1) is 14.6. The average molecular weight is 409 g/mol. The summed E-state index contributed by atoms with van der Waals surface area (Å²) in [5.74, 6) is 0.936. The molecular formula is C23H28N4O3. The number of methoxy groups -OCH3 is 2. The number of rotatable bonds is 6. The summed E-state index contributed by atoms with van der Waals surface area (Å²) in [5.41, 5.74) is 10.8. The molecule has 3 N–H and O–H groups in total. The molecule has 3 aromatic rings.